The van der Waals surface area contributed by atoms with E-state index in [4.69, 9.17) is 4.74 Å². The number of carbonyl (C=O) groups excluding carboxylic acids is 1. The van der Waals surface area contributed by atoms with Gasteiger partial charge in [-0.1, -0.05) is 19.4 Å². The Balaban J connectivity index is 1.98. The quantitative estimate of drug-likeness (QED) is 0.396. The molecule has 0 heterocycles. The van der Waals surface area contributed by atoms with E-state index in [0.29, 0.717) is 6.61 Å². The van der Waals surface area contributed by atoms with E-state index in [2.05, 4.69) is 17.5 Å². The molecule has 0 fully saturated rings. The summed E-state index contributed by atoms with van der Waals surface area (Å²) in [5, 5.41) is 3.92. The van der Waals surface area contributed by atoms with Crippen LogP contribution in [0.3, 0.4) is 0 Å². The van der Waals surface area contributed by atoms with E-state index < -0.39 is 15.9 Å². The summed E-state index contributed by atoms with van der Waals surface area (Å²) in [4.78, 5) is 12.3. The Hall–Kier alpha value is -2.71. The number of benzene rings is 2. The number of unbranched alkanes of at least 4 members (excludes halogenated alkanes) is 1. The van der Waals surface area contributed by atoms with Gasteiger partial charge in [-0.15, -0.1) is 0 Å². The van der Waals surface area contributed by atoms with Gasteiger partial charge in [0.25, 0.3) is 5.91 Å². The summed E-state index contributed by atoms with van der Waals surface area (Å²) < 4.78 is 31.0. The average molecular weight is 404 g/mol. The SMILES string of the molecule is CCCCOc1ccc(/C=N\NC(=O)c2cccc(S(=O)(=O)N(C)C)c2)cc1. The molecule has 0 aromatic heterocycles. The van der Waals surface area contributed by atoms with Crippen molar-refractivity contribution in [2.24, 2.45) is 5.10 Å². The molecule has 0 bridgehead atoms. The van der Waals surface area contributed by atoms with Gasteiger partial charge in [0.15, 0.2) is 0 Å². The molecule has 1 amide bonds. The fourth-order valence-electron chi connectivity index (χ4n) is 2.22. The maximum atomic E-state index is 12.2. The van der Waals surface area contributed by atoms with Crippen molar-refractivity contribution in [3.8, 4) is 5.75 Å². The largest absolute Gasteiger partial charge is 0.494 e. The number of amides is 1. The lowest BCUT2D eigenvalue weighted by molar-refractivity contribution is 0.0955. The molecule has 150 valence electrons. The number of hydrogen-bond acceptors (Lipinski definition) is 5. The van der Waals surface area contributed by atoms with Crippen molar-refractivity contribution in [2.75, 3.05) is 20.7 Å². The second-order valence-corrected chi connectivity index (χ2v) is 8.44. The van der Waals surface area contributed by atoms with Crippen LogP contribution in [0.15, 0.2) is 58.5 Å². The van der Waals surface area contributed by atoms with Crippen molar-refractivity contribution in [1.29, 1.82) is 0 Å². The number of hydrogen-bond donors (Lipinski definition) is 1. The zero-order chi connectivity index (χ0) is 20.6. The van der Waals surface area contributed by atoms with Crippen LogP contribution in [0.1, 0.15) is 35.7 Å². The van der Waals surface area contributed by atoms with Crippen molar-refractivity contribution >= 4 is 22.1 Å². The first kappa shape index (κ1) is 21.6. The minimum Gasteiger partial charge on any atom is -0.494 e. The van der Waals surface area contributed by atoms with E-state index in [0.717, 1.165) is 28.5 Å². The van der Waals surface area contributed by atoms with Gasteiger partial charge >= 0.3 is 0 Å². The van der Waals surface area contributed by atoms with E-state index in [-0.39, 0.29) is 10.5 Å². The molecule has 2 rings (SSSR count). The molecule has 0 atom stereocenters. The normalized spacial score (nSPS) is 11.7. The molecule has 0 aliphatic carbocycles. The monoisotopic (exact) mass is 403 g/mol. The lowest BCUT2D eigenvalue weighted by Crippen LogP contribution is -2.23. The number of hydrazone groups is 1. The lowest BCUT2D eigenvalue weighted by atomic mass is 10.2. The molecular formula is C20H25N3O4S. The van der Waals surface area contributed by atoms with Crippen molar-refractivity contribution in [1.82, 2.24) is 9.73 Å². The van der Waals surface area contributed by atoms with Crippen LogP contribution in [-0.4, -0.2) is 45.5 Å². The van der Waals surface area contributed by atoms with Gasteiger partial charge < -0.3 is 4.74 Å². The molecule has 0 aliphatic rings. The van der Waals surface area contributed by atoms with E-state index in [9.17, 15) is 13.2 Å². The van der Waals surface area contributed by atoms with Crippen LogP contribution in [0.4, 0.5) is 0 Å². The Morgan fingerprint density at radius 2 is 1.89 bits per heavy atom. The molecule has 1 N–H and O–H groups in total. The molecule has 0 spiro atoms. The van der Waals surface area contributed by atoms with Gasteiger partial charge in [-0.2, -0.15) is 5.10 Å². The Morgan fingerprint density at radius 3 is 2.54 bits per heavy atom. The van der Waals surface area contributed by atoms with Gasteiger partial charge in [0.1, 0.15) is 5.75 Å². The molecule has 28 heavy (non-hydrogen) atoms. The minimum absolute atomic E-state index is 0.0489. The summed E-state index contributed by atoms with van der Waals surface area (Å²) in [7, 11) is -0.732. The summed E-state index contributed by atoms with van der Waals surface area (Å²) >= 11 is 0. The maximum absolute atomic E-state index is 12.2. The third kappa shape index (κ3) is 5.90. The molecule has 0 aliphatic heterocycles. The summed E-state index contributed by atoms with van der Waals surface area (Å²) in [6.07, 6.45) is 3.59. The molecule has 2 aromatic rings. The van der Waals surface area contributed by atoms with Gasteiger partial charge in [0.2, 0.25) is 10.0 Å². The number of rotatable bonds is 9. The highest BCUT2D eigenvalue weighted by atomic mass is 32.2. The van der Waals surface area contributed by atoms with Gasteiger partial charge in [-0.25, -0.2) is 18.1 Å². The van der Waals surface area contributed by atoms with Gasteiger partial charge in [-0.3, -0.25) is 4.79 Å². The summed E-state index contributed by atoms with van der Waals surface area (Å²) in [5.74, 6) is 0.292. The second kappa shape index (κ2) is 10.0. The van der Waals surface area contributed by atoms with Crippen LogP contribution >= 0.6 is 0 Å². The zero-order valence-corrected chi connectivity index (χ0v) is 17.1. The summed E-state index contributed by atoms with van der Waals surface area (Å²) in [6, 6.07) is 13.2. The highest BCUT2D eigenvalue weighted by Gasteiger charge is 2.18. The van der Waals surface area contributed by atoms with Crippen LogP contribution in [-0.2, 0) is 10.0 Å². The minimum atomic E-state index is -3.61. The standard InChI is InChI=1S/C20H25N3O4S/c1-4-5-13-27-18-11-9-16(10-12-18)15-21-22-20(24)17-7-6-8-19(14-17)28(25,26)23(2)3/h6-12,14-15H,4-5,13H2,1-3H3,(H,22,24)/b21-15-. The van der Waals surface area contributed by atoms with E-state index in [1.54, 1.807) is 0 Å². The molecule has 0 unspecified atom stereocenters. The number of ether oxygens (including phenoxy) is 1. The van der Waals surface area contributed by atoms with Crippen LogP contribution in [0.2, 0.25) is 0 Å². The smallest absolute Gasteiger partial charge is 0.271 e. The van der Waals surface area contributed by atoms with E-state index in [1.807, 2.05) is 24.3 Å². The highest BCUT2D eigenvalue weighted by molar-refractivity contribution is 7.89. The third-order valence-corrected chi connectivity index (χ3v) is 5.71. The number of carbonyl (C=O) groups is 1. The number of nitrogens with one attached hydrogen (secondary N) is 1. The Labute approximate surface area is 166 Å². The molecule has 8 heteroatoms. The predicted molar refractivity (Wildman–Crippen MR) is 109 cm³/mol. The molecular weight excluding hydrogens is 378 g/mol. The van der Waals surface area contributed by atoms with Gasteiger partial charge in [0, 0.05) is 19.7 Å². The average Bonchev–Trinajstić information content (AvgIpc) is 2.69. The molecule has 0 saturated heterocycles. The van der Waals surface area contributed by atoms with E-state index in [1.165, 1.54) is 44.6 Å². The first-order valence-corrected chi connectivity index (χ1v) is 10.4. The van der Waals surface area contributed by atoms with Crippen LogP contribution in [0.25, 0.3) is 0 Å². The fourth-order valence-corrected chi connectivity index (χ4v) is 3.17. The first-order chi connectivity index (χ1) is 13.3. The Morgan fingerprint density at radius 1 is 1.18 bits per heavy atom. The fraction of sp³-hybridized carbons (Fsp3) is 0.300. The molecule has 2 aromatic carbocycles. The van der Waals surface area contributed by atoms with Crippen molar-refractivity contribution in [3.05, 3.63) is 59.7 Å². The van der Waals surface area contributed by atoms with Crippen LogP contribution < -0.4 is 10.2 Å². The first-order valence-electron chi connectivity index (χ1n) is 8.93. The lowest BCUT2D eigenvalue weighted by Gasteiger charge is -2.11. The maximum Gasteiger partial charge on any atom is 0.271 e. The number of nitrogens with zero attached hydrogens (tertiary/aromatic N) is 2. The van der Waals surface area contributed by atoms with E-state index >= 15 is 0 Å². The van der Waals surface area contributed by atoms with Crippen LogP contribution in [0, 0.1) is 0 Å². The number of sulfonamides is 1. The molecule has 0 saturated carbocycles. The highest BCUT2D eigenvalue weighted by Crippen LogP contribution is 2.15. The molecule has 7 nitrogen and oxygen atoms in total. The van der Waals surface area contributed by atoms with Crippen molar-refractivity contribution in [2.45, 2.75) is 24.7 Å². The third-order valence-electron chi connectivity index (χ3n) is 3.90. The zero-order valence-electron chi connectivity index (χ0n) is 16.3. The Bertz CT molecular complexity index is 923. The van der Waals surface area contributed by atoms with Gasteiger partial charge in [-0.05, 0) is 54.4 Å². The predicted octanol–water partition coefficient (Wildman–Crippen LogP) is 2.88. The second-order valence-electron chi connectivity index (χ2n) is 6.29. The van der Waals surface area contributed by atoms with Gasteiger partial charge in [0.05, 0.1) is 17.7 Å². The van der Waals surface area contributed by atoms with Crippen LogP contribution in [0.5, 0.6) is 5.75 Å². The summed E-state index contributed by atoms with van der Waals surface area (Å²) in [5.41, 5.74) is 3.41. The molecule has 0 radical (unpaired) electrons. The van der Waals surface area contributed by atoms with Crippen molar-refractivity contribution < 1.29 is 17.9 Å². The topological polar surface area (TPSA) is 88.1 Å². The summed E-state index contributed by atoms with van der Waals surface area (Å²) in [6.45, 7) is 2.79. The van der Waals surface area contributed by atoms with Crippen molar-refractivity contribution in [3.63, 3.8) is 0 Å². The Kier molecular flexibility index (Phi) is 7.71.